The molecule has 0 aromatic heterocycles. The van der Waals surface area contributed by atoms with E-state index in [1.807, 2.05) is 6.26 Å². The quantitative estimate of drug-likeness (QED) is 0.531. The van der Waals surface area contributed by atoms with Gasteiger partial charge in [0, 0.05) is 7.05 Å². The third kappa shape index (κ3) is 5.82. The number of carbonyl (C=O) groups is 2. The number of hydrogen-bond donors (Lipinski definition) is 3. The number of rotatable bonds is 6. The first-order valence-electron chi connectivity index (χ1n) is 4.34. The molecule has 0 heterocycles. The van der Waals surface area contributed by atoms with Gasteiger partial charge < -0.3 is 16.4 Å². The Labute approximate surface area is 88.2 Å². The van der Waals surface area contributed by atoms with Crippen molar-refractivity contribution < 1.29 is 9.59 Å². The molecule has 0 aromatic rings. The molecule has 0 spiro atoms. The monoisotopic (exact) mass is 219 g/mol. The van der Waals surface area contributed by atoms with Crippen molar-refractivity contribution in [2.24, 2.45) is 5.73 Å². The fourth-order valence-corrected chi connectivity index (χ4v) is 1.25. The second kappa shape index (κ2) is 7.64. The van der Waals surface area contributed by atoms with Crippen molar-refractivity contribution in [1.82, 2.24) is 10.6 Å². The van der Waals surface area contributed by atoms with Crippen molar-refractivity contribution in [2.45, 2.75) is 12.5 Å². The molecule has 0 unspecified atom stereocenters. The van der Waals surface area contributed by atoms with Crippen LogP contribution in [0.1, 0.15) is 6.42 Å². The summed E-state index contributed by atoms with van der Waals surface area (Å²) >= 11 is 1.64. The van der Waals surface area contributed by atoms with Gasteiger partial charge in [0.15, 0.2) is 0 Å². The lowest BCUT2D eigenvalue weighted by Crippen LogP contribution is -2.44. The molecular formula is C8H17N3O2S. The average Bonchev–Trinajstić information content (AvgIpc) is 2.21. The van der Waals surface area contributed by atoms with Crippen LogP contribution in [0.15, 0.2) is 0 Å². The molecular weight excluding hydrogens is 202 g/mol. The van der Waals surface area contributed by atoms with Crippen LogP contribution >= 0.6 is 11.8 Å². The third-order valence-corrected chi connectivity index (χ3v) is 2.32. The van der Waals surface area contributed by atoms with Gasteiger partial charge in [0.1, 0.15) is 0 Å². The van der Waals surface area contributed by atoms with E-state index in [-0.39, 0.29) is 18.4 Å². The molecule has 0 rings (SSSR count). The Hall–Kier alpha value is -0.750. The van der Waals surface area contributed by atoms with Crippen LogP contribution in [0, 0.1) is 0 Å². The summed E-state index contributed by atoms with van der Waals surface area (Å²) in [5, 5.41) is 4.86. The number of hydrogen-bond acceptors (Lipinski definition) is 4. The Morgan fingerprint density at radius 3 is 2.64 bits per heavy atom. The van der Waals surface area contributed by atoms with Gasteiger partial charge in [0.25, 0.3) is 0 Å². The molecule has 0 aliphatic heterocycles. The molecule has 14 heavy (non-hydrogen) atoms. The fraction of sp³-hybridized carbons (Fsp3) is 0.750. The minimum absolute atomic E-state index is 0.0116. The van der Waals surface area contributed by atoms with E-state index in [9.17, 15) is 9.59 Å². The Kier molecular flexibility index (Phi) is 7.23. The van der Waals surface area contributed by atoms with E-state index in [0.29, 0.717) is 6.42 Å². The minimum Gasteiger partial charge on any atom is -0.358 e. The first-order chi connectivity index (χ1) is 6.61. The molecule has 6 heteroatoms. The predicted octanol–water partition coefficient (Wildman–Crippen LogP) is -1.07. The predicted molar refractivity (Wildman–Crippen MR) is 58.1 cm³/mol. The lowest BCUT2D eigenvalue weighted by molar-refractivity contribution is -0.126. The lowest BCUT2D eigenvalue weighted by Gasteiger charge is -2.10. The molecule has 2 amide bonds. The number of nitrogens with one attached hydrogen (secondary N) is 2. The molecule has 0 saturated heterocycles. The Morgan fingerprint density at radius 1 is 1.50 bits per heavy atom. The fourth-order valence-electron chi connectivity index (χ4n) is 0.763. The molecule has 1 atom stereocenters. The van der Waals surface area contributed by atoms with Crippen molar-refractivity contribution in [3.05, 3.63) is 0 Å². The van der Waals surface area contributed by atoms with Crippen LogP contribution in [0.4, 0.5) is 0 Å². The second-order valence-corrected chi connectivity index (χ2v) is 3.76. The first-order valence-corrected chi connectivity index (χ1v) is 5.74. The van der Waals surface area contributed by atoms with E-state index in [2.05, 4.69) is 10.6 Å². The smallest absolute Gasteiger partial charge is 0.239 e. The maximum absolute atomic E-state index is 11.2. The summed E-state index contributed by atoms with van der Waals surface area (Å²) in [6.45, 7) is -0.0116. The van der Waals surface area contributed by atoms with Crippen molar-refractivity contribution in [3.8, 4) is 0 Å². The SMILES string of the molecule is CNC(=O)CNC(=O)[C@@H](N)CCSC. The van der Waals surface area contributed by atoms with Crippen LogP contribution in [0.3, 0.4) is 0 Å². The zero-order chi connectivity index (χ0) is 11.0. The Balaban J connectivity index is 3.67. The van der Waals surface area contributed by atoms with Gasteiger partial charge in [0.2, 0.25) is 11.8 Å². The van der Waals surface area contributed by atoms with Gasteiger partial charge in [0.05, 0.1) is 12.6 Å². The van der Waals surface area contributed by atoms with Crippen LogP contribution < -0.4 is 16.4 Å². The summed E-state index contributed by atoms with van der Waals surface area (Å²) in [6.07, 6.45) is 2.58. The van der Waals surface area contributed by atoms with Gasteiger partial charge in [-0.05, 0) is 18.4 Å². The highest BCUT2D eigenvalue weighted by Crippen LogP contribution is 1.98. The second-order valence-electron chi connectivity index (χ2n) is 2.78. The highest BCUT2D eigenvalue weighted by atomic mass is 32.2. The molecule has 0 radical (unpaired) electrons. The molecule has 0 aliphatic rings. The number of carbonyl (C=O) groups excluding carboxylic acids is 2. The molecule has 0 bridgehead atoms. The molecule has 0 fully saturated rings. The van der Waals surface area contributed by atoms with Gasteiger partial charge in [-0.25, -0.2) is 0 Å². The van der Waals surface area contributed by atoms with Crippen LogP contribution in [-0.2, 0) is 9.59 Å². The third-order valence-electron chi connectivity index (χ3n) is 1.67. The normalized spacial score (nSPS) is 11.9. The van der Waals surface area contributed by atoms with Gasteiger partial charge in [-0.1, -0.05) is 0 Å². The van der Waals surface area contributed by atoms with Crippen molar-refractivity contribution >= 4 is 23.6 Å². The van der Waals surface area contributed by atoms with Crippen LogP contribution in [0.5, 0.6) is 0 Å². The van der Waals surface area contributed by atoms with E-state index in [1.165, 1.54) is 7.05 Å². The summed E-state index contributed by atoms with van der Waals surface area (Å²) in [5.41, 5.74) is 5.57. The molecule has 82 valence electrons. The van der Waals surface area contributed by atoms with Gasteiger partial charge in [-0.15, -0.1) is 0 Å². The Bertz CT molecular complexity index is 199. The van der Waals surface area contributed by atoms with Gasteiger partial charge >= 0.3 is 0 Å². The minimum atomic E-state index is -0.521. The van der Waals surface area contributed by atoms with Crippen LogP contribution in [0.25, 0.3) is 0 Å². The van der Waals surface area contributed by atoms with E-state index >= 15 is 0 Å². The number of nitrogens with two attached hydrogens (primary N) is 1. The van der Waals surface area contributed by atoms with Crippen LogP contribution in [-0.4, -0.2) is 43.5 Å². The lowest BCUT2D eigenvalue weighted by atomic mass is 10.2. The van der Waals surface area contributed by atoms with E-state index in [4.69, 9.17) is 5.73 Å². The molecule has 0 aliphatic carbocycles. The number of thioether (sulfide) groups is 1. The molecule has 5 nitrogen and oxygen atoms in total. The van der Waals surface area contributed by atoms with Gasteiger partial charge in [-0.2, -0.15) is 11.8 Å². The molecule has 4 N–H and O–H groups in total. The van der Waals surface area contributed by atoms with E-state index in [0.717, 1.165) is 5.75 Å². The summed E-state index contributed by atoms with van der Waals surface area (Å²) < 4.78 is 0. The summed E-state index contributed by atoms with van der Waals surface area (Å²) in [5.74, 6) is 0.340. The summed E-state index contributed by atoms with van der Waals surface area (Å²) in [6, 6.07) is -0.521. The maximum atomic E-state index is 11.2. The highest BCUT2D eigenvalue weighted by molar-refractivity contribution is 7.98. The van der Waals surface area contributed by atoms with Gasteiger partial charge in [-0.3, -0.25) is 9.59 Å². The van der Waals surface area contributed by atoms with Crippen molar-refractivity contribution in [2.75, 3.05) is 25.6 Å². The molecule has 0 aromatic carbocycles. The Morgan fingerprint density at radius 2 is 2.14 bits per heavy atom. The zero-order valence-electron chi connectivity index (χ0n) is 8.50. The summed E-state index contributed by atoms with van der Waals surface area (Å²) in [4.78, 5) is 22.0. The largest absolute Gasteiger partial charge is 0.358 e. The van der Waals surface area contributed by atoms with Crippen LogP contribution in [0.2, 0.25) is 0 Å². The van der Waals surface area contributed by atoms with E-state index < -0.39 is 6.04 Å². The number of likely N-dealkylation sites (N-methyl/N-ethyl adjacent to an activating group) is 1. The summed E-state index contributed by atoms with van der Waals surface area (Å²) in [7, 11) is 1.52. The molecule has 0 saturated carbocycles. The standard InChI is InChI=1S/C8H17N3O2S/c1-10-7(12)5-11-8(13)6(9)3-4-14-2/h6H,3-5,9H2,1-2H3,(H,10,12)(H,11,13)/t6-/m0/s1. The maximum Gasteiger partial charge on any atom is 0.239 e. The van der Waals surface area contributed by atoms with E-state index in [1.54, 1.807) is 11.8 Å². The highest BCUT2D eigenvalue weighted by Gasteiger charge is 2.12. The average molecular weight is 219 g/mol. The topological polar surface area (TPSA) is 84.2 Å². The first kappa shape index (κ1) is 13.2. The zero-order valence-corrected chi connectivity index (χ0v) is 9.32. The van der Waals surface area contributed by atoms with Crippen molar-refractivity contribution in [1.29, 1.82) is 0 Å². The number of amides is 2. The van der Waals surface area contributed by atoms with Crippen molar-refractivity contribution in [3.63, 3.8) is 0 Å².